The predicted molar refractivity (Wildman–Crippen MR) is 50.3 cm³/mol. The molecule has 1 heteroatoms. The first-order valence-corrected chi connectivity index (χ1v) is 3.69. The molecule has 59 valence electrons. The van der Waals surface area contributed by atoms with Gasteiger partial charge in [0.25, 0.3) is 0 Å². The first-order valence-electron chi connectivity index (χ1n) is 3.69. The van der Waals surface area contributed by atoms with Crippen LogP contribution in [0.2, 0.25) is 0 Å². The van der Waals surface area contributed by atoms with E-state index >= 15 is 0 Å². The average Bonchev–Trinajstić information content (AvgIpc) is 2.14. The van der Waals surface area contributed by atoms with Gasteiger partial charge in [-0.3, -0.25) is 4.79 Å². The van der Waals surface area contributed by atoms with Crippen LogP contribution in [0.4, 0.5) is 0 Å². The zero-order chi connectivity index (χ0) is 8.65. The van der Waals surface area contributed by atoms with Crippen molar-refractivity contribution >= 4 is 12.4 Å². The molecule has 1 radical (unpaired) electrons. The SMILES string of the molecule is O=[C]/C=C\C=C\c1ccccc1. The molecule has 0 aliphatic heterocycles. The highest BCUT2D eigenvalue weighted by atomic mass is 16.1. The largest absolute Gasteiger partial charge is 0.286 e. The number of allylic oxidation sites excluding steroid dienone is 3. The van der Waals surface area contributed by atoms with Crippen molar-refractivity contribution in [2.24, 2.45) is 0 Å². The van der Waals surface area contributed by atoms with Gasteiger partial charge >= 0.3 is 0 Å². The second kappa shape index (κ2) is 5.08. The number of benzene rings is 1. The van der Waals surface area contributed by atoms with Gasteiger partial charge in [0.15, 0.2) is 0 Å². The van der Waals surface area contributed by atoms with Crippen LogP contribution in [0, 0.1) is 0 Å². The number of carbonyl (C=O) groups excluding carboxylic acids is 1. The third-order valence-corrected chi connectivity index (χ3v) is 1.36. The van der Waals surface area contributed by atoms with Crippen molar-refractivity contribution in [2.45, 2.75) is 0 Å². The Morgan fingerprint density at radius 2 is 1.83 bits per heavy atom. The van der Waals surface area contributed by atoms with Crippen LogP contribution in [-0.4, -0.2) is 6.29 Å². The first-order chi connectivity index (χ1) is 5.93. The van der Waals surface area contributed by atoms with Crippen molar-refractivity contribution in [2.75, 3.05) is 0 Å². The Morgan fingerprint density at radius 3 is 2.50 bits per heavy atom. The lowest BCUT2D eigenvalue weighted by molar-refractivity contribution is 0.564. The molecule has 0 atom stereocenters. The topological polar surface area (TPSA) is 17.1 Å². The molecule has 0 spiro atoms. The maximum Gasteiger partial charge on any atom is 0.225 e. The highest BCUT2D eigenvalue weighted by molar-refractivity contribution is 5.67. The fourth-order valence-corrected chi connectivity index (χ4v) is 0.826. The molecule has 0 amide bonds. The molecule has 1 aromatic rings. The van der Waals surface area contributed by atoms with Gasteiger partial charge in [0, 0.05) is 0 Å². The molecule has 1 aromatic carbocycles. The van der Waals surface area contributed by atoms with Gasteiger partial charge in [-0.2, -0.15) is 0 Å². The quantitative estimate of drug-likeness (QED) is 0.486. The summed E-state index contributed by atoms with van der Waals surface area (Å²) in [5, 5.41) is 0. The van der Waals surface area contributed by atoms with Crippen LogP contribution in [0.15, 0.2) is 48.6 Å². The molecule has 0 fully saturated rings. The van der Waals surface area contributed by atoms with Crippen molar-refractivity contribution in [3.63, 3.8) is 0 Å². The van der Waals surface area contributed by atoms with E-state index in [1.807, 2.05) is 36.4 Å². The molecule has 12 heavy (non-hydrogen) atoms. The van der Waals surface area contributed by atoms with E-state index in [0.717, 1.165) is 5.56 Å². The molecule has 0 aliphatic carbocycles. The van der Waals surface area contributed by atoms with E-state index in [0.29, 0.717) is 0 Å². The summed E-state index contributed by atoms with van der Waals surface area (Å²) in [5.41, 5.74) is 1.12. The van der Waals surface area contributed by atoms with E-state index in [9.17, 15) is 4.79 Å². The summed E-state index contributed by atoms with van der Waals surface area (Å²) in [4.78, 5) is 9.77. The number of hydrogen-bond acceptors (Lipinski definition) is 1. The highest BCUT2D eigenvalue weighted by Crippen LogP contribution is 2.00. The van der Waals surface area contributed by atoms with Crippen LogP contribution in [0.3, 0.4) is 0 Å². The lowest BCUT2D eigenvalue weighted by atomic mass is 10.2. The molecular weight excluding hydrogens is 148 g/mol. The smallest absolute Gasteiger partial charge is 0.225 e. The van der Waals surface area contributed by atoms with Crippen molar-refractivity contribution in [1.82, 2.24) is 0 Å². The first kappa shape index (κ1) is 8.47. The van der Waals surface area contributed by atoms with Crippen LogP contribution in [0.1, 0.15) is 5.56 Å². The van der Waals surface area contributed by atoms with Crippen LogP contribution < -0.4 is 0 Å². The zero-order valence-corrected chi connectivity index (χ0v) is 6.60. The fourth-order valence-electron chi connectivity index (χ4n) is 0.826. The standard InChI is InChI=1S/C11H9O/c12-10-6-2-5-9-11-7-3-1-4-8-11/h1-9H/b6-2-,9-5+. The lowest BCUT2D eigenvalue weighted by Gasteiger charge is -1.87. The number of rotatable bonds is 3. The summed E-state index contributed by atoms with van der Waals surface area (Å²) in [6.07, 6.45) is 8.39. The zero-order valence-electron chi connectivity index (χ0n) is 6.60. The van der Waals surface area contributed by atoms with Crippen molar-refractivity contribution < 1.29 is 4.79 Å². The van der Waals surface area contributed by atoms with Gasteiger partial charge in [0.1, 0.15) is 0 Å². The fraction of sp³-hybridized carbons (Fsp3) is 0. The molecule has 0 unspecified atom stereocenters. The predicted octanol–water partition coefficient (Wildman–Crippen LogP) is 2.37. The number of hydrogen-bond donors (Lipinski definition) is 0. The average molecular weight is 157 g/mol. The lowest BCUT2D eigenvalue weighted by Crippen LogP contribution is -1.66. The highest BCUT2D eigenvalue weighted by Gasteiger charge is 1.78. The maximum absolute atomic E-state index is 9.77. The Morgan fingerprint density at radius 1 is 1.08 bits per heavy atom. The van der Waals surface area contributed by atoms with Gasteiger partial charge in [0.05, 0.1) is 0 Å². The summed E-state index contributed by atoms with van der Waals surface area (Å²) in [6.45, 7) is 0. The molecule has 0 saturated carbocycles. The van der Waals surface area contributed by atoms with Crippen LogP contribution in [0.25, 0.3) is 6.08 Å². The molecule has 0 bridgehead atoms. The van der Waals surface area contributed by atoms with E-state index in [-0.39, 0.29) is 0 Å². The van der Waals surface area contributed by atoms with Crippen molar-refractivity contribution in [3.8, 4) is 0 Å². The third-order valence-electron chi connectivity index (χ3n) is 1.36. The normalized spacial score (nSPS) is 11.0. The second-order valence-electron chi connectivity index (χ2n) is 2.25. The Balaban J connectivity index is 2.58. The summed E-state index contributed by atoms with van der Waals surface area (Å²) < 4.78 is 0. The van der Waals surface area contributed by atoms with E-state index < -0.39 is 0 Å². The van der Waals surface area contributed by atoms with Crippen molar-refractivity contribution in [1.29, 1.82) is 0 Å². The van der Waals surface area contributed by atoms with Crippen LogP contribution >= 0.6 is 0 Å². The van der Waals surface area contributed by atoms with E-state index in [1.165, 1.54) is 6.08 Å². The minimum absolute atomic E-state index is 1.12. The summed E-state index contributed by atoms with van der Waals surface area (Å²) in [5.74, 6) is 0. The van der Waals surface area contributed by atoms with Gasteiger partial charge in [0.2, 0.25) is 6.29 Å². The third kappa shape index (κ3) is 2.97. The van der Waals surface area contributed by atoms with E-state index in [4.69, 9.17) is 0 Å². The van der Waals surface area contributed by atoms with Crippen LogP contribution in [0.5, 0.6) is 0 Å². The molecule has 0 aromatic heterocycles. The molecule has 0 aliphatic rings. The minimum atomic E-state index is 1.12. The van der Waals surface area contributed by atoms with Crippen LogP contribution in [-0.2, 0) is 4.79 Å². The Labute approximate surface area is 72.0 Å². The molecule has 0 heterocycles. The molecule has 0 N–H and O–H groups in total. The Bertz CT molecular complexity index is 283. The van der Waals surface area contributed by atoms with Gasteiger partial charge in [-0.15, -0.1) is 0 Å². The van der Waals surface area contributed by atoms with E-state index in [1.54, 1.807) is 18.4 Å². The van der Waals surface area contributed by atoms with Gasteiger partial charge in [-0.1, -0.05) is 48.6 Å². The van der Waals surface area contributed by atoms with Gasteiger partial charge in [-0.25, -0.2) is 0 Å². The second-order valence-corrected chi connectivity index (χ2v) is 2.25. The monoisotopic (exact) mass is 157 g/mol. The summed E-state index contributed by atoms with van der Waals surface area (Å²) in [7, 11) is 0. The molecule has 0 saturated heterocycles. The maximum atomic E-state index is 9.77. The molecular formula is C11H9O. The summed E-state index contributed by atoms with van der Waals surface area (Å²) in [6, 6.07) is 9.89. The van der Waals surface area contributed by atoms with Crippen molar-refractivity contribution in [3.05, 3.63) is 54.1 Å². The summed E-state index contributed by atoms with van der Waals surface area (Å²) >= 11 is 0. The van der Waals surface area contributed by atoms with Gasteiger partial charge in [-0.05, 0) is 11.6 Å². The Kier molecular flexibility index (Phi) is 3.58. The molecule has 1 rings (SSSR count). The molecule has 1 nitrogen and oxygen atoms in total. The van der Waals surface area contributed by atoms with Gasteiger partial charge < -0.3 is 0 Å². The Hall–Kier alpha value is -1.63. The van der Waals surface area contributed by atoms with E-state index in [2.05, 4.69) is 0 Å². The minimum Gasteiger partial charge on any atom is -0.286 e.